The quantitative estimate of drug-likeness (QED) is 0.841. The summed E-state index contributed by atoms with van der Waals surface area (Å²) in [7, 11) is 1.50. The van der Waals surface area contributed by atoms with E-state index in [1.165, 1.54) is 30.3 Å². The van der Waals surface area contributed by atoms with Crippen molar-refractivity contribution in [2.24, 2.45) is 11.7 Å². The Kier molecular flexibility index (Phi) is 6.62. The number of hydrogen-bond acceptors (Lipinski definition) is 5. The Balaban J connectivity index is 0.00000117. The number of pyridine rings is 1. The molecule has 8 heteroatoms. The molecule has 2 heterocycles. The zero-order chi connectivity index (χ0) is 19.1. The van der Waals surface area contributed by atoms with Crippen LogP contribution in [0.4, 0.5) is 10.1 Å². The second-order valence-corrected chi connectivity index (χ2v) is 5.51. The van der Waals surface area contributed by atoms with E-state index in [4.69, 9.17) is 9.84 Å². The van der Waals surface area contributed by atoms with Crippen LogP contribution in [0.5, 0.6) is 5.88 Å². The third-order valence-corrected chi connectivity index (χ3v) is 3.81. The van der Waals surface area contributed by atoms with E-state index < -0.39 is 11.9 Å². The number of carbonyl (C=O) groups excluding carboxylic acids is 1. The van der Waals surface area contributed by atoms with Gasteiger partial charge in [0.15, 0.2) is 0 Å². The monoisotopic (exact) mass is 361 g/mol. The Bertz CT molecular complexity index is 750. The van der Waals surface area contributed by atoms with Gasteiger partial charge in [-0.05, 0) is 30.8 Å². The summed E-state index contributed by atoms with van der Waals surface area (Å²) >= 11 is 0. The van der Waals surface area contributed by atoms with E-state index >= 15 is 0 Å². The number of anilines is 1. The number of nitrogens with zero attached hydrogens (tertiary/aromatic N) is 2. The summed E-state index contributed by atoms with van der Waals surface area (Å²) in [5.74, 6) is -1.84. The van der Waals surface area contributed by atoms with Crippen molar-refractivity contribution in [3.05, 3.63) is 54.0 Å². The molecule has 138 valence electrons. The van der Waals surface area contributed by atoms with Crippen molar-refractivity contribution in [3.63, 3.8) is 0 Å². The first-order valence-electron chi connectivity index (χ1n) is 7.97. The molecule has 3 rings (SSSR count). The van der Waals surface area contributed by atoms with Gasteiger partial charge in [-0.1, -0.05) is 12.1 Å². The second kappa shape index (κ2) is 8.91. The number of rotatable bonds is 5. The summed E-state index contributed by atoms with van der Waals surface area (Å²) in [4.78, 5) is 28.4. The topological polar surface area (TPSA) is 106 Å². The molecule has 1 fully saturated rings. The largest absolute Gasteiger partial charge is 0.481 e. The molecule has 1 aliphatic rings. The number of ether oxygens (including phenoxy) is 1. The van der Waals surface area contributed by atoms with Gasteiger partial charge in [-0.15, -0.1) is 0 Å². The van der Waals surface area contributed by atoms with Gasteiger partial charge >= 0.3 is 5.97 Å². The van der Waals surface area contributed by atoms with Crippen LogP contribution in [0.2, 0.25) is 0 Å². The fraction of sp³-hybridized carbons (Fsp3) is 0.278. The van der Waals surface area contributed by atoms with Gasteiger partial charge < -0.3 is 20.5 Å². The molecule has 1 saturated heterocycles. The molecule has 3 N–H and O–H groups in total. The molecule has 1 aliphatic heterocycles. The number of aliphatic carboxylic acids is 1. The van der Waals surface area contributed by atoms with Crippen LogP contribution >= 0.6 is 0 Å². The van der Waals surface area contributed by atoms with Crippen molar-refractivity contribution in [2.75, 3.05) is 18.5 Å². The number of nitrogens with two attached hydrogens (primary N) is 1. The minimum Gasteiger partial charge on any atom is -0.481 e. The first-order valence-corrected chi connectivity index (χ1v) is 7.97. The number of amides is 1. The normalized spacial score (nSPS) is 16.0. The average molecular weight is 361 g/mol. The molecule has 0 saturated carbocycles. The lowest BCUT2D eigenvalue weighted by Gasteiger charge is -2.16. The van der Waals surface area contributed by atoms with Crippen LogP contribution in [0.25, 0.3) is 0 Å². The number of carboxylic acids is 1. The predicted molar refractivity (Wildman–Crippen MR) is 93.2 cm³/mol. The highest BCUT2D eigenvalue weighted by Crippen LogP contribution is 2.25. The van der Waals surface area contributed by atoms with E-state index in [0.717, 1.165) is 5.56 Å². The van der Waals surface area contributed by atoms with E-state index in [1.807, 2.05) is 0 Å². The first kappa shape index (κ1) is 19.3. The van der Waals surface area contributed by atoms with Gasteiger partial charge in [0, 0.05) is 19.0 Å². The molecule has 1 unspecified atom stereocenters. The van der Waals surface area contributed by atoms with E-state index in [-0.39, 0.29) is 31.3 Å². The van der Waals surface area contributed by atoms with E-state index in [9.17, 15) is 14.0 Å². The molecule has 0 bridgehead atoms. The lowest BCUT2D eigenvalue weighted by Crippen LogP contribution is -2.25. The molecular weight excluding hydrogens is 341 g/mol. The minimum absolute atomic E-state index is 0.00183. The zero-order valence-corrected chi connectivity index (χ0v) is 14.3. The summed E-state index contributed by atoms with van der Waals surface area (Å²) in [6.07, 6.45) is 1.47. The van der Waals surface area contributed by atoms with Gasteiger partial charge in [0.2, 0.25) is 11.8 Å². The SMILES string of the molecule is CN.O=C(O)C1CC(=O)N(c2ccc(OCc3ccc(F)cc3)nc2)C1. The van der Waals surface area contributed by atoms with Crippen molar-refractivity contribution in [1.82, 2.24) is 4.98 Å². The Labute approximate surface area is 150 Å². The summed E-state index contributed by atoms with van der Waals surface area (Å²) in [6, 6.07) is 9.23. The van der Waals surface area contributed by atoms with Gasteiger partial charge in [-0.3, -0.25) is 9.59 Å². The Hall–Kier alpha value is -3.00. The maximum Gasteiger partial charge on any atom is 0.308 e. The van der Waals surface area contributed by atoms with Gasteiger partial charge in [-0.25, -0.2) is 9.37 Å². The fourth-order valence-corrected chi connectivity index (χ4v) is 2.48. The van der Waals surface area contributed by atoms with Crippen LogP contribution in [-0.2, 0) is 16.2 Å². The molecule has 26 heavy (non-hydrogen) atoms. The third kappa shape index (κ3) is 4.76. The Morgan fingerprint density at radius 2 is 2.00 bits per heavy atom. The summed E-state index contributed by atoms with van der Waals surface area (Å²) < 4.78 is 18.3. The lowest BCUT2D eigenvalue weighted by atomic mass is 10.1. The number of benzene rings is 1. The molecule has 0 radical (unpaired) electrons. The first-order chi connectivity index (χ1) is 12.5. The van der Waals surface area contributed by atoms with Crippen LogP contribution < -0.4 is 15.4 Å². The highest BCUT2D eigenvalue weighted by Gasteiger charge is 2.35. The smallest absolute Gasteiger partial charge is 0.308 e. The molecule has 1 atom stereocenters. The number of aromatic nitrogens is 1. The average Bonchev–Trinajstić information content (AvgIpc) is 3.05. The maximum absolute atomic E-state index is 12.8. The van der Waals surface area contributed by atoms with Crippen molar-refractivity contribution in [3.8, 4) is 5.88 Å². The highest BCUT2D eigenvalue weighted by atomic mass is 19.1. The standard InChI is InChI=1S/C17H15FN2O4.CH5N/c18-13-3-1-11(2-4-13)10-24-15-6-5-14(8-19-15)20-9-12(17(22)23)7-16(20)21;1-2/h1-6,8,12H,7,9-10H2,(H,22,23);2H2,1H3. The van der Waals surface area contributed by atoms with Gasteiger partial charge in [-0.2, -0.15) is 0 Å². The molecule has 1 aromatic heterocycles. The molecule has 1 aromatic carbocycles. The number of carboxylic acid groups (broad SMARTS) is 1. The lowest BCUT2D eigenvalue weighted by molar-refractivity contribution is -0.141. The van der Waals surface area contributed by atoms with Gasteiger partial charge in [0.05, 0.1) is 17.8 Å². The Morgan fingerprint density at radius 3 is 2.54 bits per heavy atom. The summed E-state index contributed by atoms with van der Waals surface area (Å²) in [5.41, 5.74) is 5.85. The van der Waals surface area contributed by atoms with Crippen LogP contribution in [-0.4, -0.2) is 35.6 Å². The minimum atomic E-state index is -0.974. The van der Waals surface area contributed by atoms with Crippen LogP contribution in [0.3, 0.4) is 0 Å². The van der Waals surface area contributed by atoms with E-state index in [2.05, 4.69) is 10.7 Å². The van der Waals surface area contributed by atoms with Crippen molar-refractivity contribution in [2.45, 2.75) is 13.0 Å². The van der Waals surface area contributed by atoms with Gasteiger partial charge in [0.1, 0.15) is 12.4 Å². The summed E-state index contributed by atoms with van der Waals surface area (Å²) in [5, 5.41) is 9.00. The Morgan fingerprint density at radius 1 is 1.31 bits per heavy atom. The fourth-order valence-electron chi connectivity index (χ4n) is 2.48. The van der Waals surface area contributed by atoms with Crippen LogP contribution in [0.1, 0.15) is 12.0 Å². The van der Waals surface area contributed by atoms with Crippen LogP contribution in [0.15, 0.2) is 42.6 Å². The van der Waals surface area contributed by atoms with E-state index in [0.29, 0.717) is 11.6 Å². The molecule has 0 aliphatic carbocycles. The molecule has 0 spiro atoms. The molecule has 2 aromatic rings. The second-order valence-electron chi connectivity index (χ2n) is 5.51. The molecule has 7 nitrogen and oxygen atoms in total. The van der Waals surface area contributed by atoms with Crippen molar-refractivity contribution in [1.29, 1.82) is 0 Å². The maximum atomic E-state index is 12.8. The molecule has 1 amide bonds. The summed E-state index contributed by atoms with van der Waals surface area (Å²) in [6.45, 7) is 0.391. The van der Waals surface area contributed by atoms with E-state index in [1.54, 1.807) is 24.3 Å². The number of carbonyl (C=O) groups is 2. The highest BCUT2D eigenvalue weighted by molar-refractivity contribution is 5.99. The van der Waals surface area contributed by atoms with Crippen LogP contribution in [0, 0.1) is 11.7 Å². The third-order valence-electron chi connectivity index (χ3n) is 3.81. The molecular formula is C18H20FN3O4. The number of halogens is 1. The van der Waals surface area contributed by atoms with Gasteiger partial charge in [0.25, 0.3) is 0 Å². The van der Waals surface area contributed by atoms with Crippen molar-refractivity contribution >= 4 is 17.6 Å². The van der Waals surface area contributed by atoms with Crippen molar-refractivity contribution < 1.29 is 23.8 Å². The predicted octanol–water partition coefficient (Wildman–Crippen LogP) is 1.81. The zero-order valence-electron chi connectivity index (χ0n) is 14.3. The number of hydrogen-bond donors (Lipinski definition) is 2.